The molecule has 0 spiro atoms. The first kappa shape index (κ1) is 21.0. The summed E-state index contributed by atoms with van der Waals surface area (Å²) in [5, 5.41) is 19.6. The number of rotatable bonds is 5. The van der Waals surface area contributed by atoms with Crippen LogP contribution in [-0.2, 0) is 4.79 Å². The number of carbonyl (C=O) groups excluding carboxylic acids is 1. The van der Waals surface area contributed by atoms with Gasteiger partial charge in [0.1, 0.15) is 12.1 Å². The minimum absolute atomic E-state index is 0.0102. The number of amides is 1. The Bertz CT molecular complexity index is 1290. The zero-order valence-corrected chi connectivity index (χ0v) is 18.9. The van der Waals surface area contributed by atoms with Crippen LogP contribution < -0.4 is 10.2 Å². The van der Waals surface area contributed by atoms with E-state index in [0.717, 1.165) is 48.6 Å². The summed E-state index contributed by atoms with van der Waals surface area (Å²) in [4.78, 5) is 19.9. The van der Waals surface area contributed by atoms with Gasteiger partial charge in [-0.05, 0) is 43.5 Å². The molecule has 170 valence electrons. The predicted octanol–water partition coefficient (Wildman–Crippen LogP) is 3.46. The molecule has 0 saturated carbocycles. The Labute approximate surface area is 191 Å². The molecule has 10 nitrogen and oxygen atoms in total. The molecule has 0 aliphatic carbocycles. The maximum Gasteiger partial charge on any atom is 0.260 e. The number of hydrogen-bond acceptors (Lipinski definition) is 8. The van der Waals surface area contributed by atoms with Gasteiger partial charge >= 0.3 is 0 Å². The van der Waals surface area contributed by atoms with E-state index in [1.54, 1.807) is 10.8 Å². The van der Waals surface area contributed by atoms with Gasteiger partial charge in [0.25, 0.3) is 5.89 Å². The number of benzene rings is 1. The Hall–Kier alpha value is -3.82. The predicted molar refractivity (Wildman–Crippen MR) is 123 cm³/mol. The number of fused-ring (bicyclic) bond motifs is 1. The molecule has 1 fully saturated rings. The van der Waals surface area contributed by atoms with Crippen molar-refractivity contribution in [3.63, 3.8) is 0 Å². The smallest absolute Gasteiger partial charge is 0.260 e. The van der Waals surface area contributed by atoms with Crippen LogP contribution in [-0.4, -0.2) is 48.9 Å². The van der Waals surface area contributed by atoms with Crippen molar-refractivity contribution < 1.29 is 9.32 Å². The van der Waals surface area contributed by atoms with Crippen LogP contribution in [0.4, 0.5) is 11.5 Å². The lowest BCUT2D eigenvalue weighted by Gasteiger charge is -2.32. The normalized spacial score (nSPS) is 14.8. The molecule has 1 amide bonds. The van der Waals surface area contributed by atoms with E-state index in [-0.39, 0.29) is 17.7 Å². The van der Waals surface area contributed by atoms with Gasteiger partial charge in [-0.3, -0.25) is 4.79 Å². The number of para-hydroxylation sites is 1. The van der Waals surface area contributed by atoms with Gasteiger partial charge in [0, 0.05) is 24.9 Å². The SMILES string of the molecule is Cc1cccc(-c2nc(C(C)C)no2)c1NC(=O)C1CCN(c2ccc3nncn3n2)CC1. The molecule has 3 aromatic heterocycles. The topological polar surface area (TPSA) is 114 Å². The number of hydrogen-bond donors (Lipinski definition) is 1. The molecule has 1 aromatic carbocycles. The molecule has 0 radical (unpaired) electrons. The van der Waals surface area contributed by atoms with Gasteiger partial charge in [-0.15, -0.1) is 15.3 Å². The lowest BCUT2D eigenvalue weighted by atomic mass is 9.95. The Morgan fingerprint density at radius 2 is 2.00 bits per heavy atom. The number of aryl methyl sites for hydroxylation is 1. The second kappa shape index (κ2) is 8.61. The molecule has 1 N–H and O–H groups in total. The van der Waals surface area contributed by atoms with Crippen LogP contribution in [0.5, 0.6) is 0 Å². The molecule has 10 heteroatoms. The summed E-state index contributed by atoms with van der Waals surface area (Å²) in [7, 11) is 0. The Morgan fingerprint density at radius 1 is 1.18 bits per heavy atom. The number of nitrogens with one attached hydrogen (secondary N) is 1. The minimum Gasteiger partial charge on any atom is -0.355 e. The van der Waals surface area contributed by atoms with Crippen LogP contribution in [0.15, 0.2) is 41.2 Å². The number of carbonyl (C=O) groups is 1. The van der Waals surface area contributed by atoms with Crippen molar-refractivity contribution in [3.05, 3.63) is 48.0 Å². The third-order valence-electron chi connectivity index (χ3n) is 6.05. The van der Waals surface area contributed by atoms with Gasteiger partial charge in [0.2, 0.25) is 5.91 Å². The summed E-state index contributed by atoms with van der Waals surface area (Å²) >= 11 is 0. The molecule has 33 heavy (non-hydrogen) atoms. The van der Waals surface area contributed by atoms with E-state index in [0.29, 0.717) is 17.4 Å². The average Bonchev–Trinajstić information content (AvgIpc) is 3.50. The van der Waals surface area contributed by atoms with Crippen LogP contribution in [0.25, 0.3) is 17.1 Å². The molecule has 1 aliphatic heterocycles. The van der Waals surface area contributed by atoms with Crippen molar-refractivity contribution in [2.24, 2.45) is 5.92 Å². The van der Waals surface area contributed by atoms with Crippen molar-refractivity contribution in [2.75, 3.05) is 23.3 Å². The summed E-state index contributed by atoms with van der Waals surface area (Å²) < 4.78 is 7.15. The van der Waals surface area contributed by atoms with E-state index >= 15 is 0 Å². The largest absolute Gasteiger partial charge is 0.355 e. The van der Waals surface area contributed by atoms with Crippen LogP contribution in [0.3, 0.4) is 0 Å². The zero-order chi connectivity index (χ0) is 22.9. The lowest BCUT2D eigenvalue weighted by molar-refractivity contribution is -0.120. The summed E-state index contributed by atoms with van der Waals surface area (Å²) in [6.07, 6.45) is 3.08. The van der Waals surface area contributed by atoms with Crippen LogP contribution in [0.1, 0.15) is 44.0 Å². The zero-order valence-electron chi connectivity index (χ0n) is 18.9. The first-order valence-electron chi connectivity index (χ1n) is 11.2. The quantitative estimate of drug-likeness (QED) is 0.496. The maximum atomic E-state index is 13.2. The molecular formula is C23H26N8O2. The average molecular weight is 447 g/mol. The first-order chi connectivity index (χ1) is 16.0. The first-order valence-corrected chi connectivity index (χ1v) is 11.2. The van der Waals surface area contributed by atoms with Gasteiger partial charge in [0.05, 0.1) is 11.3 Å². The Kier molecular flexibility index (Phi) is 5.49. The van der Waals surface area contributed by atoms with Crippen molar-refractivity contribution in [2.45, 2.75) is 39.5 Å². The fraction of sp³-hybridized carbons (Fsp3) is 0.391. The fourth-order valence-corrected chi connectivity index (χ4v) is 4.07. The van der Waals surface area contributed by atoms with Crippen LogP contribution in [0.2, 0.25) is 0 Å². The minimum atomic E-state index is -0.0822. The lowest BCUT2D eigenvalue weighted by Crippen LogP contribution is -2.38. The van der Waals surface area contributed by atoms with Crippen LogP contribution in [0, 0.1) is 12.8 Å². The van der Waals surface area contributed by atoms with Gasteiger partial charge in [0.15, 0.2) is 11.5 Å². The summed E-state index contributed by atoms with van der Waals surface area (Å²) in [6.45, 7) is 7.50. The molecular weight excluding hydrogens is 420 g/mol. The molecule has 0 bridgehead atoms. The standard InChI is InChI=1S/C23H26N8O2/c1-14(2)21-26-23(33-29-21)17-6-4-5-15(3)20(17)25-22(32)16-9-11-30(12-10-16)19-8-7-18-27-24-13-31(18)28-19/h4-8,13-14,16H,9-12H2,1-3H3,(H,25,32). The van der Waals surface area contributed by atoms with Gasteiger partial charge < -0.3 is 14.7 Å². The molecule has 0 atom stereocenters. The third-order valence-corrected chi connectivity index (χ3v) is 6.05. The van der Waals surface area contributed by atoms with Gasteiger partial charge in [-0.1, -0.05) is 31.1 Å². The summed E-state index contributed by atoms with van der Waals surface area (Å²) in [6, 6.07) is 9.64. The van der Waals surface area contributed by atoms with Crippen molar-refractivity contribution in [1.82, 2.24) is 30.0 Å². The van der Waals surface area contributed by atoms with E-state index < -0.39 is 0 Å². The van der Waals surface area contributed by atoms with Gasteiger partial charge in [-0.2, -0.15) is 9.50 Å². The van der Waals surface area contributed by atoms with E-state index in [9.17, 15) is 4.79 Å². The fourth-order valence-electron chi connectivity index (χ4n) is 4.07. The number of piperidine rings is 1. The Morgan fingerprint density at radius 3 is 2.76 bits per heavy atom. The Balaban J connectivity index is 1.28. The maximum absolute atomic E-state index is 13.2. The van der Waals surface area contributed by atoms with E-state index in [2.05, 4.69) is 35.7 Å². The highest BCUT2D eigenvalue weighted by atomic mass is 16.5. The number of aromatic nitrogens is 6. The van der Waals surface area contributed by atoms with Crippen molar-refractivity contribution in [1.29, 1.82) is 0 Å². The molecule has 5 rings (SSSR count). The van der Waals surface area contributed by atoms with E-state index in [1.807, 2.05) is 51.1 Å². The molecule has 4 heterocycles. The highest BCUT2D eigenvalue weighted by molar-refractivity contribution is 5.97. The van der Waals surface area contributed by atoms with Gasteiger partial charge in [-0.25, -0.2) is 0 Å². The second-order valence-electron chi connectivity index (χ2n) is 8.69. The molecule has 4 aromatic rings. The number of anilines is 2. The molecule has 1 aliphatic rings. The summed E-state index contributed by atoms with van der Waals surface area (Å²) in [5.74, 6) is 2.02. The van der Waals surface area contributed by atoms with Crippen LogP contribution >= 0.6 is 0 Å². The third kappa shape index (κ3) is 4.15. The van der Waals surface area contributed by atoms with E-state index in [1.165, 1.54) is 0 Å². The second-order valence-corrected chi connectivity index (χ2v) is 8.69. The van der Waals surface area contributed by atoms with Crippen molar-refractivity contribution in [3.8, 4) is 11.5 Å². The number of nitrogens with zero attached hydrogens (tertiary/aromatic N) is 7. The highest BCUT2D eigenvalue weighted by Crippen LogP contribution is 2.32. The van der Waals surface area contributed by atoms with Crippen molar-refractivity contribution >= 4 is 23.1 Å². The van der Waals surface area contributed by atoms with E-state index in [4.69, 9.17) is 4.52 Å². The molecule has 1 saturated heterocycles. The molecule has 0 unspecified atom stereocenters. The summed E-state index contributed by atoms with van der Waals surface area (Å²) in [5.41, 5.74) is 3.13. The highest BCUT2D eigenvalue weighted by Gasteiger charge is 2.27. The monoisotopic (exact) mass is 446 g/mol.